The highest BCUT2D eigenvalue weighted by Crippen LogP contribution is 2.34. The fourth-order valence-corrected chi connectivity index (χ4v) is 4.89. The van der Waals surface area contributed by atoms with Gasteiger partial charge in [-0.05, 0) is 44.4 Å². The van der Waals surface area contributed by atoms with Crippen molar-refractivity contribution in [3.8, 4) is 11.4 Å². The number of hydrogen-bond donors (Lipinski definition) is 3. The van der Waals surface area contributed by atoms with E-state index in [1.54, 1.807) is 42.5 Å². The van der Waals surface area contributed by atoms with E-state index in [2.05, 4.69) is 40.2 Å². The molecule has 10 nitrogen and oxygen atoms in total. The topological polar surface area (TPSA) is 120 Å². The molecule has 0 unspecified atom stereocenters. The standard InChI is InChI=1S/C25H26FN9O.CH4/c1-14(23-27-9-6-10-28-23)29-22-18(25(36)31-16-13-34(2)33-21(16)22)24-30-15-7-8-17(19(26)20(15)32-24)35-11-4-3-5-12-35;/h6-10,13-14,29H,3-5,11-12H2,1-2H3,(H,30,32)(H,31,36);1H4/t14-;/m1./s1. The van der Waals surface area contributed by atoms with E-state index in [0.717, 1.165) is 32.4 Å². The zero-order valence-electron chi connectivity index (χ0n) is 20.0. The van der Waals surface area contributed by atoms with Crippen LogP contribution >= 0.6 is 0 Å². The lowest BCUT2D eigenvalue weighted by Gasteiger charge is -2.29. The van der Waals surface area contributed by atoms with Gasteiger partial charge >= 0.3 is 0 Å². The third kappa shape index (κ3) is 4.30. The minimum absolute atomic E-state index is 0. The van der Waals surface area contributed by atoms with Gasteiger partial charge < -0.3 is 20.2 Å². The average molecular weight is 504 g/mol. The minimum atomic E-state index is -0.382. The first-order valence-electron chi connectivity index (χ1n) is 12.1. The maximum Gasteiger partial charge on any atom is 0.261 e. The molecule has 1 saturated heterocycles. The molecule has 5 heterocycles. The second-order valence-corrected chi connectivity index (χ2v) is 9.17. The lowest BCUT2D eigenvalue weighted by atomic mass is 10.1. The van der Waals surface area contributed by atoms with E-state index < -0.39 is 0 Å². The molecule has 0 spiro atoms. The molecular weight excluding hydrogens is 473 g/mol. The molecule has 5 aromatic rings. The Labute approximate surface area is 213 Å². The van der Waals surface area contributed by atoms with E-state index in [4.69, 9.17) is 0 Å². The van der Waals surface area contributed by atoms with Crippen LogP contribution in [0.15, 0.2) is 41.6 Å². The Bertz CT molecular complexity index is 1620. The van der Waals surface area contributed by atoms with Crippen LogP contribution in [0.5, 0.6) is 0 Å². The van der Waals surface area contributed by atoms with Crippen LogP contribution < -0.4 is 15.8 Å². The Morgan fingerprint density at radius 3 is 2.57 bits per heavy atom. The summed E-state index contributed by atoms with van der Waals surface area (Å²) in [6.07, 6.45) is 8.31. The Morgan fingerprint density at radius 1 is 1.05 bits per heavy atom. The smallest absolute Gasteiger partial charge is 0.261 e. The van der Waals surface area contributed by atoms with Gasteiger partial charge in [0.15, 0.2) is 5.82 Å². The molecule has 0 aliphatic carbocycles. The van der Waals surface area contributed by atoms with Crippen LogP contribution in [0.25, 0.3) is 33.5 Å². The van der Waals surface area contributed by atoms with Gasteiger partial charge in [-0.3, -0.25) is 9.48 Å². The van der Waals surface area contributed by atoms with Gasteiger partial charge in [-0.15, -0.1) is 0 Å². The van der Waals surface area contributed by atoms with E-state index >= 15 is 4.39 Å². The minimum Gasteiger partial charge on any atom is -0.373 e. The van der Waals surface area contributed by atoms with E-state index in [1.807, 2.05) is 13.0 Å². The molecule has 3 N–H and O–H groups in total. The molecule has 0 radical (unpaired) electrons. The van der Waals surface area contributed by atoms with E-state index in [-0.39, 0.29) is 41.7 Å². The number of fused-ring (bicyclic) bond motifs is 2. The molecule has 0 amide bonds. The molecule has 4 aromatic heterocycles. The van der Waals surface area contributed by atoms with Crippen molar-refractivity contribution in [3.63, 3.8) is 0 Å². The number of anilines is 2. The number of aromatic nitrogens is 7. The molecule has 37 heavy (non-hydrogen) atoms. The summed E-state index contributed by atoms with van der Waals surface area (Å²) >= 11 is 0. The molecule has 192 valence electrons. The summed E-state index contributed by atoms with van der Waals surface area (Å²) < 4.78 is 17.2. The number of H-pyrrole nitrogens is 2. The number of rotatable bonds is 5. The van der Waals surface area contributed by atoms with Gasteiger partial charge in [-0.25, -0.2) is 19.3 Å². The molecule has 1 aliphatic rings. The summed E-state index contributed by atoms with van der Waals surface area (Å²) in [5, 5.41) is 7.92. The number of benzene rings is 1. The van der Waals surface area contributed by atoms with Gasteiger partial charge in [-0.2, -0.15) is 5.10 Å². The molecular formula is C26H30FN9O. The zero-order valence-corrected chi connectivity index (χ0v) is 20.0. The van der Waals surface area contributed by atoms with Gasteiger partial charge in [0.1, 0.15) is 28.2 Å². The molecule has 6 rings (SSSR count). The highest BCUT2D eigenvalue weighted by atomic mass is 19.1. The monoisotopic (exact) mass is 503 g/mol. The van der Waals surface area contributed by atoms with Crippen LogP contribution in [-0.2, 0) is 7.05 Å². The van der Waals surface area contributed by atoms with Crippen LogP contribution in [0.3, 0.4) is 0 Å². The Balaban J connectivity index is 0.00000280. The van der Waals surface area contributed by atoms with Gasteiger partial charge in [-0.1, -0.05) is 7.43 Å². The number of halogens is 1. The number of aryl methyl sites for hydroxylation is 1. The van der Waals surface area contributed by atoms with Crippen molar-refractivity contribution in [2.45, 2.75) is 39.7 Å². The van der Waals surface area contributed by atoms with Crippen molar-refractivity contribution in [3.05, 3.63) is 58.8 Å². The first-order chi connectivity index (χ1) is 17.5. The summed E-state index contributed by atoms with van der Waals surface area (Å²) in [5.74, 6) is 0.444. The highest BCUT2D eigenvalue weighted by molar-refractivity contribution is 5.97. The SMILES string of the molecule is C.C[C@@H](Nc1c(-c2nc3c(F)c(N4CCCCC4)ccc3[nH]2)c(=O)[nH]c2cn(C)nc12)c1ncccn1. The van der Waals surface area contributed by atoms with Gasteiger partial charge in [0, 0.05) is 38.7 Å². The summed E-state index contributed by atoms with van der Waals surface area (Å²) in [7, 11) is 1.78. The van der Waals surface area contributed by atoms with Gasteiger partial charge in [0.25, 0.3) is 5.56 Å². The van der Waals surface area contributed by atoms with Crippen LogP contribution in [0.2, 0.25) is 0 Å². The van der Waals surface area contributed by atoms with Crippen molar-refractivity contribution in [1.82, 2.24) is 34.7 Å². The third-order valence-electron chi connectivity index (χ3n) is 6.63. The summed E-state index contributed by atoms with van der Waals surface area (Å²) in [6, 6.07) is 5.02. The normalized spacial score (nSPS) is 14.6. The maximum absolute atomic E-state index is 15.6. The van der Waals surface area contributed by atoms with Gasteiger partial charge in [0.05, 0.1) is 28.5 Å². The first-order valence-corrected chi connectivity index (χ1v) is 12.1. The van der Waals surface area contributed by atoms with E-state index in [0.29, 0.717) is 33.7 Å². The Hall–Kier alpha value is -4.28. The van der Waals surface area contributed by atoms with Crippen LogP contribution in [-0.4, -0.2) is 47.8 Å². The molecule has 0 saturated carbocycles. The number of nitrogens with zero attached hydrogens (tertiary/aromatic N) is 6. The zero-order chi connectivity index (χ0) is 24.8. The summed E-state index contributed by atoms with van der Waals surface area (Å²) in [5.41, 5.74) is 2.77. The number of aromatic amines is 2. The first kappa shape index (κ1) is 24.4. The third-order valence-corrected chi connectivity index (χ3v) is 6.63. The Kier molecular flexibility index (Phi) is 6.36. The predicted octanol–water partition coefficient (Wildman–Crippen LogP) is 4.53. The van der Waals surface area contributed by atoms with Crippen molar-refractivity contribution in [1.29, 1.82) is 0 Å². The van der Waals surface area contributed by atoms with Crippen molar-refractivity contribution < 1.29 is 4.39 Å². The largest absolute Gasteiger partial charge is 0.373 e. The average Bonchev–Trinajstić information content (AvgIpc) is 3.48. The highest BCUT2D eigenvalue weighted by Gasteiger charge is 2.24. The van der Waals surface area contributed by atoms with Crippen molar-refractivity contribution in [2.24, 2.45) is 7.05 Å². The number of hydrogen-bond acceptors (Lipinski definition) is 7. The second kappa shape index (κ2) is 9.64. The maximum atomic E-state index is 15.6. The predicted molar refractivity (Wildman–Crippen MR) is 143 cm³/mol. The number of nitrogens with one attached hydrogen (secondary N) is 3. The quantitative estimate of drug-likeness (QED) is 0.322. The molecule has 1 atom stereocenters. The molecule has 1 aliphatic heterocycles. The fraction of sp³-hybridized carbons (Fsp3) is 0.346. The molecule has 11 heteroatoms. The summed E-state index contributed by atoms with van der Waals surface area (Å²) in [6.45, 7) is 3.55. The van der Waals surface area contributed by atoms with Crippen LogP contribution in [0.1, 0.15) is 45.5 Å². The molecule has 1 fully saturated rings. The number of imidazole rings is 1. The van der Waals surface area contributed by atoms with Crippen LogP contribution in [0, 0.1) is 5.82 Å². The number of pyridine rings is 1. The Morgan fingerprint density at radius 2 is 1.81 bits per heavy atom. The van der Waals surface area contributed by atoms with Crippen molar-refractivity contribution in [2.75, 3.05) is 23.3 Å². The lowest BCUT2D eigenvalue weighted by molar-refractivity contribution is 0.559. The van der Waals surface area contributed by atoms with Crippen molar-refractivity contribution >= 4 is 33.4 Å². The number of piperidine rings is 1. The fourth-order valence-electron chi connectivity index (χ4n) is 4.89. The van der Waals surface area contributed by atoms with Gasteiger partial charge in [0.2, 0.25) is 0 Å². The van der Waals surface area contributed by atoms with Crippen LogP contribution in [0.4, 0.5) is 15.8 Å². The summed E-state index contributed by atoms with van der Waals surface area (Å²) in [4.78, 5) is 34.6. The second-order valence-electron chi connectivity index (χ2n) is 9.17. The molecule has 1 aromatic carbocycles. The molecule has 0 bridgehead atoms. The lowest BCUT2D eigenvalue weighted by Crippen LogP contribution is -2.30. The van der Waals surface area contributed by atoms with E-state index in [1.165, 1.54) is 0 Å². The van der Waals surface area contributed by atoms with E-state index in [9.17, 15) is 4.79 Å².